The first-order valence-corrected chi connectivity index (χ1v) is 14.8. The molecule has 13 heteroatoms. The Hall–Kier alpha value is -4.42. The predicted molar refractivity (Wildman–Crippen MR) is 160 cm³/mol. The van der Waals surface area contributed by atoms with E-state index in [-0.39, 0.29) is 63.7 Å². The number of para-hydroxylation sites is 1. The van der Waals surface area contributed by atoms with Crippen molar-refractivity contribution in [3.05, 3.63) is 36.0 Å². The van der Waals surface area contributed by atoms with Crippen LogP contribution in [0.25, 0.3) is 10.9 Å². The second-order valence-electron chi connectivity index (χ2n) is 11.2. The zero-order valence-electron chi connectivity index (χ0n) is 26.2. The average molecular weight is 615 g/mol. The summed E-state index contributed by atoms with van der Waals surface area (Å²) in [5.41, 5.74) is -0.315. The van der Waals surface area contributed by atoms with Crippen molar-refractivity contribution in [3.63, 3.8) is 0 Å². The molecule has 44 heavy (non-hydrogen) atoms. The van der Waals surface area contributed by atoms with Crippen molar-refractivity contribution in [1.82, 2.24) is 20.1 Å². The summed E-state index contributed by atoms with van der Waals surface area (Å²) in [6, 6.07) is 7.29. The molecule has 1 N–H and O–H groups in total. The molecule has 1 aromatic heterocycles. The van der Waals surface area contributed by atoms with E-state index in [9.17, 15) is 24.0 Å². The predicted octanol–water partition coefficient (Wildman–Crippen LogP) is 3.09. The van der Waals surface area contributed by atoms with Crippen molar-refractivity contribution in [2.75, 3.05) is 39.4 Å². The molecule has 240 valence electrons. The summed E-state index contributed by atoms with van der Waals surface area (Å²) in [4.78, 5) is 71.6. The number of piperazine rings is 1. The van der Waals surface area contributed by atoms with Crippen LogP contribution in [0.5, 0.6) is 5.75 Å². The minimum atomic E-state index is -1.08. The Morgan fingerprint density at radius 3 is 2.23 bits per heavy atom. The fourth-order valence-corrected chi connectivity index (χ4v) is 4.54. The maximum atomic E-state index is 13.7. The van der Waals surface area contributed by atoms with Crippen LogP contribution in [0.4, 0.5) is 4.79 Å². The molecule has 0 bridgehead atoms. The summed E-state index contributed by atoms with van der Waals surface area (Å²) in [7, 11) is 0. The number of ether oxygens (including phenoxy) is 4. The molecule has 1 fully saturated rings. The largest absolute Gasteiger partial charge is 0.478 e. The van der Waals surface area contributed by atoms with E-state index in [1.807, 2.05) is 0 Å². The van der Waals surface area contributed by atoms with E-state index in [0.717, 1.165) is 0 Å². The van der Waals surface area contributed by atoms with Gasteiger partial charge in [0.2, 0.25) is 5.91 Å². The summed E-state index contributed by atoms with van der Waals surface area (Å²) < 4.78 is 21.4. The lowest BCUT2D eigenvalue weighted by Crippen LogP contribution is -2.56. The third-order valence-electron chi connectivity index (χ3n) is 6.61. The molecule has 1 aliphatic rings. The van der Waals surface area contributed by atoms with Gasteiger partial charge in [0.25, 0.3) is 5.91 Å². The van der Waals surface area contributed by atoms with Crippen LogP contribution in [0.2, 0.25) is 0 Å². The molecule has 2 aromatic rings. The van der Waals surface area contributed by atoms with E-state index in [2.05, 4.69) is 10.3 Å². The molecule has 0 aliphatic carbocycles. The van der Waals surface area contributed by atoms with Crippen molar-refractivity contribution in [2.24, 2.45) is 0 Å². The second-order valence-corrected chi connectivity index (χ2v) is 11.2. The van der Waals surface area contributed by atoms with Crippen molar-refractivity contribution >= 4 is 40.7 Å². The number of fused-ring (bicyclic) bond motifs is 1. The van der Waals surface area contributed by atoms with Gasteiger partial charge in [0.05, 0.1) is 18.7 Å². The summed E-state index contributed by atoms with van der Waals surface area (Å²) in [5.74, 6) is -1.90. The highest BCUT2D eigenvalue weighted by atomic mass is 16.6. The SMILES string of the molecule is CCOC(=O)C(C)Oc1cc(C(=O)NC(CCC(=O)OC(C)(C)C)C(=O)N2CCN(C(=O)OCC)CC2)nc2ccccc12. The van der Waals surface area contributed by atoms with Crippen LogP contribution in [0.1, 0.15) is 64.9 Å². The highest BCUT2D eigenvalue weighted by molar-refractivity contribution is 5.99. The Morgan fingerprint density at radius 2 is 1.59 bits per heavy atom. The first kappa shape index (κ1) is 34.1. The molecule has 1 aromatic carbocycles. The molecule has 1 aliphatic heterocycles. The number of aromatic nitrogens is 1. The van der Waals surface area contributed by atoms with Gasteiger partial charge in [-0.2, -0.15) is 0 Å². The average Bonchev–Trinajstić information content (AvgIpc) is 2.98. The lowest BCUT2D eigenvalue weighted by molar-refractivity contribution is -0.155. The number of pyridine rings is 1. The van der Waals surface area contributed by atoms with Crippen LogP contribution in [-0.2, 0) is 28.6 Å². The third kappa shape index (κ3) is 9.55. The third-order valence-corrected chi connectivity index (χ3v) is 6.61. The van der Waals surface area contributed by atoms with Gasteiger partial charge in [-0.1, -0.05) is 12.1 Å². The normalized spacial score (nSPS) is 14.8. The van der Waals surface area contributed by atoms with Crippen LogP contribution in [0, 0.1) is 0 Å². The number of benzene rings is 1. The number of nitrogens with one attached hydrogen (secondary N) is 1. The second kappa shape index (κ2) is 15.3. The summed E-state index contributed by atoms with van der Waals surface area (Å²) in [6.45, 7) is 11.6. The zero-order valence-corrected chi connectivity index (χ0v) is 26.2. The quantitative estimate of drug-likeness (QED) is 0.295. The highest BCUT2D eigenvalue weighted by Crippen LogP contribution is 2.27. The van der Waals surface area contributed by atoms with Crippen molar-refractivity contribution in [1.29, 1.82) is 0 Å². The lowest BCUT2D eigenvalue weighted by Gasteiger charge is -2.36. The summed E-state index contributed by atoms with van der Waals surface area (Å²) in [6.07, 6.45) is -1.54. The standard InChI is InChI=1S/C31H42N4O9/c1-7-41-29(39)20(3)43-25-19-24(32-22-12-10-9-11-21(22)25)27(37)33-23(13-14-26(36)44-31(4,5)6)28(38)34-15-17-35(18-16-34)30(40)42-8-2/h9-12,19-20,23H,7-8,13-18H2,1-6H3,(H,33,37). The van der Waals surface area contributed by atoms with E-state index >= 15 is 0 Å². The molecular weight excluding hydrogens is 572 g/mol. The molecule has 2 atom stereocenters. The molecule has 2 unspecified atom stereocenters. The maximum absolute atomic E-state index is 13.7. The van der Waals surface area contributed by atoms with Gasteiger partial charge in [0, 0.05) is 44.1 Å². The van der Waals surface area contributed by atoms with Gasteiger partial charge in [-0.05, 0) is 60.1 Å². The minimum Gasteiger partial charge on any atom is -0.478 e. The molecule has 3 rings (SSSR count). The number of carbonyl (C=O) groups excluding carboxylic acids is 5. The van der Waals surface area contributed by atoms with Crippen LogP contribution in [0.3, 0.4) is 0 Å². The zero-order chi connectivity index (χ0) is 32.4. The van der Waals surface area contributed by atoms with Crippen molar-refractivity contribution in [3.8, 4) is 5.75 Å². The van der Waals surface area contributed by atoms with Gasteiger partial charge in [0.15, 0.2) is 6.10 Å². The molecule has 0 radical (unpaired) electrons. The molecule has 2 heterocycles. The fraction of sp³-hybridized carbons (Fsp3) is 0.548. The van der Waals surface area contributed by atoms with Gasteiger partial charge < -0.3 is 34.1 Å². The smallest absolute Gasteiger partial charge is 0.409 e. The van der Waals surface area contributed by atoms with E-state index in [1.54, 1.807) is 70.7 Å². The van der Waals surface area contributed by atoms with Gasteiger partial charge in [0.1, 0.15) is 23.1 Å². The van der Waals surface area contributed by atoms with Crippen molar-refractivity contribution < 1.29 is 42.9 Å². The highest BCUT2D eigenvalue weighted by Gasteiger charge is 2.32. The van der Waals surface area contributed by atoms with E-state index < -0.39 is 47.6 Å². The number of hydrogen-bond donors (Lipinski definition) is 1. The number of hydrogen-bond acceptors (Lipinski definition) is 10. The lowest BCUT2D eigenvalue weighted by atomic mass is 10.1. The Balaban J connectivity index is 1.83. The fourth-order valence-electron chi connectivity index (χ4n) is 4.54. The Labute approximate surface area is 257 Å². The van der Waals surface area contributed by atoms with Gasteiger partial charge in [-0.25, -0.2) is 14.6 Å². The first-order valence-electron chi connectivity index (χ1n) is 14.8. The van der Waals surface area contributed by atoms with E-state index in [0.29, 0.717) is 10.9 Å². The Bertz CT molecular complexity index is 1350. The Kier molecular flexibility index (Phi) is 11.9. The van der Waals surface area contributed by atoms with E-state index in [4.69, 9.17) is 18.9 Å². The molecule has 13 nitrogen and oxygen atoms in total. The minimum absolute atomic E-state index is 0.0194. The molecule has 3 amide bonds. The van der Waals surface area contributed by atoms with Gasteiger partial charge in [-0.3, -0.25) is 14.4 Å². The van der Waals surface area contributed by atoms with Gasteiger partial charge in [-0.15, -0.1) is 0 Å². The Morgan fingerprint density at radius 1 is 0.955 bits per heavy atom. The number of nitrogens with zero attached hydrogens (tertiary/aromatic N) is 3. The molecule has 0 saturated carbocycles. The first-order chi connectivity index (χ1) is 20.8. The van der Waals surface area contributed by atoms with Crippen LogP contribution < -0.4 is 10.1 Å². The molecule has 0 spiro atoms. The van der Waals surface area contributed by atoms with Crippen molar-refractivity contribution in [2.45, 2.75) is 72.1 Å². The monoisotopic (exact) mass is 614 g/mol. The van der Waals surface area contributed by atoms with E-state index in [1.165, 1.54) is 11.0 Å². The summed E-state index contributed by atoms with van der Waals surface area (Å²) >= 11 is 0. The maximum Gasteiger partial charge on any atom is 0.409 e. The number of esters is 2. The van der Waals surface area contributed by atoms with Crippen LogP contribution in [-0.4, -0.2) is 102 Å². The van der Waals surface area contributed by atoms with Crippen LogP contribution in [0.15, 0.2) is 30.3 Å². The van der Waals surface area contributed by atoms with Crippen LogP contribution >= 0.6 is 0 Å². The molecular formula is C31H42N4O9. The topological polar surface area (TPSA) is 154 Å². The number of rotatable bonds is 11. The van der Waals surface area contributed by atoms with Gasteiger partial charge >= 0.3 is 18.0 Å². The number of carbonyl (C=O) groups is 5. The number of amides is 3. The molecule has 1 saturated heterocycles. The summed E-state index contributed by atoms with van der Waals surface area (Å²) in [5, 5.41) is 3.32.